The summed E-state index contributed by atoms with van der Waals surface area (Å²) >= 11 is 1.62. The minimum atomic E-state index is -3.77. The maximum atomic E-state index is 13.3. The van der Waals surface area contributed by atoms with Gasteiger partial charge in [-0.2, -0.15) is 0 Å². The fourth-order valence-corrected chi connectivity index (χ4v) is 6.04. The van der Waals surface area contributed by atoms with Crippen molar-refractivity contribution in [3.63, 3.8) is 0 Å². The van der Waals surface area contributed by atoms with Crippen molar-refractivity contribution >= 4 is 27.3 Å². The second-order valence-electron chi connectivity index (χ2n) is 7.71. The molecular formula is C21H26N2O4S2. The van der Waals surface area contributed by atoms with E-state index in [-0.39, 0.29) is 28.6 Å². The van der Waals surface area contributed by atoms with Crippen molar-refractivity contribution in [3.05, 3.63) is 46.2 Å². The fourth-order valence-electron chi connectivity index (χ4n) is 3.84. The van der Waals surface area contributed by atoms with E-state index < -0.39 is 10.0 Å². The molecule has 0 aliphatic heterocycles. The normalized spacial score (nSPS) is 17.4. The van der Waals surface area contributed by atoms with Crippen LogP contribution in [-0.4, -0.2) is 38.4 Å². The molecule has 4 rings (SSSR count). The number of nitrogens with zero attached hydrogens (tertiary/aromatic N) is 1. The maximum Gasteiger partial charge on any atom is 0.254 e. The third-order valence-electron chi connectivity index (χ3n) is 5.53. The number of ether oxygens (including phenoxy) is 1. The molecule has 2 aromatic rings. The van der Waals surface area contributed by atoms with Crippen LogP contribution in [-0.2, 0) is 16.6 Å². The highest BCUT2D eigenvalue weighted by Crippen LogP contribution is 2.32. The smallest absolute Gasteiger partial charge is 0.254 e. The van der Waals surface area contributed by atoms with Crippen molar-refractivity contribution < 1.29 is 17.9 Å². The summed E-state index contributed by atoms with van der Waals surface area (Å²) in [5, 5.41) is 2.00. The van der Waals surface area contributed by atoms with Gasteiger partial charge in [0.05, 0.1) is 13.7 Å². The number of carbonyl (C=O) groups is 1. The van der Waals surface area contributed by atoms with Crippen LogP contribution in [0.2, 0.25) is 0 Å². The monoisotopic (exact) mass is 434 g/mol. The molecule has 1 aromatic carbocycles. The van der Waals surface area contributed by atoms with Crippen molar-refractivity contribution in [1.82, 2.24) is 9.62 Å². The van der Waals surface area contributed by atoms with E-state index in [1.54, 1.807) is 23.5 Å². The molecule has 8 heteroatoms. The molecule has 2 aliphatic rings. The molecule has 156 valence electrons. The van der Waals surface area contributed by atoms with Gasteiger partial charge < -0.3 is 9.64 Å². The van der Waals surface area contributed by atoms with Crippen LogP contribution < -0.4 is 9.46 Å². The van der Waals surface area contributed by atoms with Crippen LogP contribution in [0.5, 0.6) is 5.75 Å². The quantitative estimate of drug-likeness (QED) is 0.686. The number of methoxy groups -OCH3 is 1. The van der Waals surface area contributed by atoms with Crippen LogP contribution in [0, 0.1) is 0 Å². The SMILES string of the molecule is COc1ccc(C(=O)N(Cc2cccs2)C2CC2)cc1S(=O)(=O)NC1CCCC1. The Morgan fingerprint density at radius 3 is 2.59 bits per heavy atom. The average molecular weight is 435 g/mol. The molecule has 6 nitrogen and oxygen atoms in total. The van der Waals surface area contributed by atoms with Crippen LogP contribution in [0.25, 0.3) is 0 Å². The lowest BCUT2D eigenvalue weighted by Gasteiger charge is -2.23. The van der Waals surface area contributed by atoms with Crippen LogP contribution >= 0.6 is 11.3 Å². The number of hydrogen-bond acceptors (Lipinski definition) is 5. The summed E-state index contributed by atoms with van der Waals surface area (Å²) in [7, 11) is -2.32. The van der Waals surface area contributed by atoms with E-state index in [0.29, 0.717) is 12.1 Å². The van der Waals surface area contributed by atoms with Gasteiger partial charge in [-0.05, 0) is 55.3 Å². The minimum absolute atomic E-state index is 0.0321. The number of amides is 1. The Kier molecular flexibility index (Phi) is 5.94. The van der Waals surface area contributed by atoms with Gasteiger partial charge in [-0.15, -0.1) is 11.3 Å². The molecule has 2 saturated carbocycles. The summed E-state index contributed by atoms with van der Waals surface area (Å²) in [5.74, 6) is 0.115. The van der Waals surface area contributed by atoms with Gasteiger partial charge in [-0.3, -0.25) is 4.79 Å². The highest BCUT2D eigenvalue weighted by molar-refractivity contribution is 7.89. The molecule has 2 fully saturated rings. The summed E-state index contributed by atoms with van der Waals surface area (Å²) in [4.78, 5) is 16.3. The number of thiophene rings is 1. The minimum Gasteiger partial charge on any atom is -0.495 e. The molecule has 2 aliphatic carbocycles. The van der Waals surface area contributed by atoms with Gasteiger partial charge in [0.25, 0.3) is 5.91 Å². The summed E-state index contributed by atoms with van der Waals surface area (Å²) in [6.07, 6.45) is 5.72. The first-order valence-electron chi connectivity index (χ1n) is 10.0. The maximum absolute atomic E-state index is 13.3. The van der Waals surface area contributed by atoms with Crippen molar-refractivity contribution in [2.75, 3.05) is 7.11 Å². The van der Waals surface area contributed by atoms with Crippen LogP contribution in [0.4, 0.5) is 0 Å². The fraction of sp³-hybridized carbons (Fsp3) is 0.476. The van der Waals surface area contributed by atoms with E-state index in [0.717, 1.165) is 43.4 Å². The second-order valence-corrected chi connectivity index (χ2v) is 10.4. The van der Waals surface area contributed by atoms with E-state index in [1.165, 1.54) is 13.2 Å². The van der Waals surface area contributed by atoms with Gasteiger partial charge in [0.15, 0.2) is 0 Å². The Morgan fingerprint density at radius 1 is 1.21 bits per heavy atom. The Bertz CT molecular complexity index is 963. The van der Waals surface area contributed by atoms with E-state index in [2.05, 4.69) is 4.72 Å². The average Bonchev–Trinajstić information content (AvgIpc) is 3.18. The van der Waals surface area contributed by atoms with Gasteiger partial charge in [0.2, 0.25) is 10.0 Å². The number of rotatable bonds is 8. The van der Waals surface area contributed by atoms with E-state index in [4.69, 9.17) is 4.74 Å². The standard InChI is InChI=1S/C21H26N2O4S2/c1-27-19-11-8-15(13-20(19)29(25,26)22-16-5-2-3-6-16)21(24)23(17-9-10-17)14-18-7-4-12-28-18/h4,7-8,11-13,16-17,22H,2-3,5-6,9-10,14H2,1H3. The number of carbonyl (C=O) groups excluding carboxylic acids is 1. The van der Waals surface area contributed by atoms with Crippen molar-refractivity contribution in [2.45, 2.75) is 62.0 Å². The summed E-state index contributed by atoms with van der Waals surface area (Å²) in [6, 6.07) is 8.86. The van der Waals surface area contributed by atoms with Crippen LogP contribution in [0.15, 0.2) is 40.6 Å². The van der Waals surface area contributed by atoms with E-state index in [1.807, 2.05) is 22.4 Å². The molecule has 1 N–H and O–H groups in total. The molecular weight excluding hydrogens is 408 g/mol. The van der Waals surface area contributed by atoms with E-state index >= 15 is 0 Å². The summed E-state index contributed by atoms with van der Waals surface area (Å²) < 4.78 is 34.1. The molecule has 1 aromatic heterocycles. The number of sulfonamides is 1. The lowest BCUT2D eigenvalue weighted by molar-refractivity contribution is 0.0731. The predicted octanol–water partition coefficient (Wildman–Crippen LogP) is 3.78. The van der Waals surface area contributed by atoms with Crippen LogP contribution in [0.1, 0.15) is 53.8 Å². The highest BCUT2D eigenvalue weighted by atomic mass is 32.2. The number of benzene rings is 1. The zero-order valence-electron chi connectivity index (χ0n) is 16.5. The molecule has 0 radical (unpaired) electrons. The van der Waals surface area contributed by atoms with Crippen molar-refractivity contribution in [3.8, 4) is 5.75 Å². The Labute approximate surface area is 175 Å². The van der Waals surface area contributed by atoms with Gasteiger partial charge in [-0.1, -0.05) is 18.9 Å². The number of hydrogen-bond donors (Lipinski definition) is 1. The molecule has 0 atom stereocenters. The Balaban J connectivity index is 1.61. The lowest BCUT2D eigenvalue weighted by Crippen LogP contribution is -2.34. The zero-order chi connectivity index (χ0) is 20.4. The van der Waals surface area contributed by atoms with E-state index in [9.17, 15) is 13.2 Å². The molecule has 0 spiro atoms. The lowest BCUT2D eigenvalue weighted by atomic mass is 10.2. The van der Waals surface area contributed by atoms with Gasteiger partial charge >= 0.3 is 0 Å². The molecule has 0 unspecified atom stereocenters. The first-order valence-corrected chi connectivity index (χ1v) is 12.4. The number of nitrogens with one attached hydrogen (secondary N) is 1. The molecule has 0 saturated heterocycles. The Morgan fingerprint density at radius 2 is 1.97 bits per heavy atom. The van der Waals surface area contributed by atoms with Crippen molar-refractivity contribution in [1.29, 1.82) is 0 Å². The first kappa shape index (κ1) is 20.4. The molecule has 0 bridgehead atoms. The zero-order valence-corrected chi connectivity index (χ0v) is 18.1. The van der Waals surface area contributed by atoms with Gasteiger partial charge in [0, 0.05) is 22.5 Å². The third-order valence-corrected chi connectivity index (χ3v) is 7.93. The molecule has 1 amide bonds. The first-order chi connectivity index (χ1) is 14.0. The van der Waals surface area contributed by atoms with Gasteiger partial charge in [-0.25, -0.2) is 13.1 Å². The largest absolute Gasteiger partial charge is 0.495 e. The van der Waals surface area contributed by atoms with Crippen LogP contribution in [0.3, 0.4) is 0 Å². The second kappa shape index (κ2) is 8.45. The highest BCUT2D eigenvalue weighted by Gasteiger charge is 2.34. The summed E-state index contributed by atoms with van der Waals surface area (Å²) in [6.45, 7) is 0.551. The third kappa shape index (κ3) is 4.65. The molecule has 1 heterocycles. The molecule has 29 heavy (non-hydrogen) atoms. The Hall–Kier alpha value is -1.90. The predicted molar refractivity (Wildman–Crippen MR) is 113 cm³/mol. The topological polar surface area (TPSA) is 75.7 Å². The summed E-state index contributed by atoms with van der Waals surface area (Å²) in [5.41, 5.74) is 0.376. The van der Waals surface area contributed by atoms with Crippen molar-refractivity contribution in [2.24, 2.45) is 0 Å². The van der Waals surface area contributed by atoms with Gasteiger partial charge in [0.1, 0.15) is 10.6 Å².